The fourth-order valence-electron chi connectivity index (χ4n) is 3.10. The van der Waals surface area contributed by atoms with Crippen molar-refractivity contribution in [3.05, 3.63) is 0 Å². The lowest BCUT2D eigenvalue weighted by Gasteiger charge is -2.46. The molecule has 88 valence electrons. The lowest BCUT2D eigenvalue weighted by atomic mass is 9.79. The highest BCUT2D eigenvalue weighted by Gasteiger charge is 2.40. The molecule has 0 aromatic carbocycles. The minimum atomic E-state index is 0.449. The molecule has 3 unspecified atom stereocenters. The average Bonchev–Trinajstić information content (AvgIpc) is 2.17. The van der Waals surface area contributed by atoms with Crippen LogP contribution in [-0.4, -0.2) is 16.7 Å². The van der Waals surface area contributed by atoms with Crippen molar-refractivity contribution in [3.63, 3.8) is 0 Å². The zero-order valence-electron chi connectivity index (χ0n) is 10.4. The summed E-state index contributed by atoms with van der Waals surface area (Å²) < 4.78 is 0. The van der Waals surface area contributed by atoms with Crippen LogP contribution in [0.25, 0.3) is 0 Å². The Hall–Kier alpha value is 0.310. The summed E-state index contributed by atoms with van der Waals surface area (Å²) in [6.07, 6.45) is 7.02. The molecule has 2 rings (SSSR count). The second kappa shape index (κ2) is 4.67. The standard InChI is InChI=1S/C13H25NS/c1-10(2)12-5-4-7-13(9-12)14-8-6-11(3)15-13/h10-12,14H,4-9H2,1-3H3. The van der Waals surface area contributed by atoms with Gasteiger partial charge in [-0.1, -0.05) is 33.6 Å². The van der Waals surface area contributed by atoms with E-state index in [1.807, 2.05) is 0 Å². The Balaban J connectivity index is 2.01. The molecular formula is C13H25NS. The summed E-state index contributed by atoms with van der Waals surface area (Å²) in [5.74, 6) is 1.81. The maximum Gasteiger partial charge on any atom is 0.0650 e. The second-order valence-electron chi connectivity index (χ2n) is 5.74. The number of thioether (sulfide) groups is 1. The minimum absolute atomic E-state index is 0.449. The van der Waals surface area contributed by atoms with Gasteiger partial charge in [0.15, 0.2) is 0 Å². The molecule has 1 saturated carbocycles. The SMILES string of the molecule is CC1CCNC2(CCCC(C(C)C)C2)S1. The molecule has 1 spiro atoms. The quantitative estimate of drug-likeness (QED) is 0.734. The number of hydrogen-bond acceptors (Lipinski definition) is 2. The first-order chi connectivity index (χ1) is 7.11. The molecule has 1 aliphatic heterocycles. The van der Waals surface area contributed by atoms with Gasteiger partial charge in [0.05, 0.1) is 4.87 Å². The number of hydrogen-bond donors (Lipinski definition) is 1. The highest BCUT2D eigenvalue weighted by Crippen LogP contribution is 2.46. The Morgan fingerprint density at radius 2 is 2.13 bits per heavy atom. The normalized spacial score (nSPS) is 42.4. The lowest BCUT2D eigenvalue weighted by Crippen LogP contribution is -2.51. The highest BCUT2D eigenvalue weighted by molar-refractivity contribution is 8.01. The maximum absolute atomic E-state index is 3.81. The largest absolute Gasteiger partial charge is 0.303 e. The predicted molar refractivity (Wildman–Crippen MR) is 69.2 cm³/mol. The van der Waals surface area contributed by atoms with Crippen LogP contribution in [0.4, 0.5) is 0 Å². The Morgan fingerprint density at radius 3 is 2.80 bits per heavy atom. The summed E-state index contributed by atoms with van der Waals surface area (Å²) >= 11 is 2.22. The summed E-state index contributed by atoms with van der Waals surface area (Å²) in [5, 5.41) is 4.67. The summed E-state index contributed by atoms with van der Waals surface area (Å²) in [4.78, 5) is 0.449. The number of rotatable bonds is 1. The van der Waals surface area contributed by atoms with Gasteiger partial charge >= 0.3 is 0 Å². The molecule has 1 aliphatic carbocycles. The molecule has 15 heavy (non-hydrogen) atoms. The van der Waals surface area contributed by atoms with Crippen LogP contribution >= 0.6 is 11.8 Å². The van der Waals surface area contributed by atoms with Crippen molar-refractivity contribution >= 4 is 11.8 Å². The van der Waals surface area contributed by atoms with Crippen LogP contribution in [0.1, 0.15) is 52.9 Å². The number of nitrogens with one attached hydrogen (secondary N) is 1. The van der Waals surface area contributed by atoms with Crippen molar-refractivity contribution in [1.82, 2.24) is 5.32 Å². The fourth-order valence-corrected chi connectivity index (χ4v) is 4.87. The first-order valence-electron chi connectivity index (χ1n) is 6.54. The monoisotopic (exact) mass is 227 g/mol. The molecule has 3 atom stereocenters. The molecule has 1 N–H and O–H groups in total. The molecule has 1 heterocycles. The Bertz CT molecular complexity index is 213. The van der Waals surface area contributed by atoms with Gasteiger partial charge in [0.25, 0.3) is 0 Å². The molecule has 2 aliphatic rings. The van der Waals surface area contributed by atoms with E-state index in [1.165, 1.54) is 38.6 Å². The van der Waals surface area contributed by atoms with Gasteiger partial charge in [0, 0.05) is 5.25 Å². The van der Waals surface area contributed by atoms with Crippen molar-refractivity contribution in [2.24, 2.45) is 11.8 Å². The zero-order chi connectivity index (χ0) is 10.9. The van der Waals surface area contributed by atoms with Crippen molar-refractivity contribution in [2.75, 3.05) is 6.54 Å². The van der Waals surface area contributed by atoms with E-state index in [0.29, 0.717) is 4.87 Å². The van der Waals surface area contributed by atoms with E-state index in [2.05, 4.69) is 37.8 Å². The van der Waals surface area contributed by atoms with Crippen LogP contribution in [-0.2, 0) is 0 Å². The smallest absolute Gasteiger partial charge is 0.0650 e. The molecular weight excluding hydrogens is 202 g/mol. The fraction of sp³-hybridized carbons (Fsp3) is 1.00. The molecule has 0 aromatic rings. The van der Waals surface area contributed by atoms with Crippen LogP contribution in [0.15, 0.2) is 0 Å². The molecule has 2 fully saturated rings. The first-order valence-corrected chi connectivity index (χ1v) is 7.42. The van der Waals surface area contributed by atoms with Crippen LogP contribution in [0, 0.1) is 11.8 Å². The van der Waals surface area contributed by atoms with Gasteiger partial charge in [-0.2, -0.15) is 0 Å². The average molecular weight is 227 g/mol. The molecule has 0 amide bonds. The van der Waals surface area contributed by atoms with Crippen molar-refractivity contribution in [1.29, 1.82) is 0 Å². The van der Waals surface area contributed by atoms with Crippen LogP contribution in [0.5, 0.6) is 0 Å². The minimum Gasteiger partial charge on any atom is -0.303 e. The van der Waals surface area contributed by atoms with Gasteiger partial charge in [-0.25, -0.2) is 0 Å². The zero-order valence-corrected chi connectivity index (χ0v) is 11.2. The van der Waals surface area contributed by atoms with Gasteiger partial charge in [0.1, 0.15) is 0 Å². The summed E-state index contributed by atoms with van der Waals surface area (Å²) in [5.41, 5.74) is 0. The van der Waals surface area contributed by atoms with E-state index in [4.69, 9.17) is 0 Å². The van der Waals surface area contributed by atoms with Gasteiger partial charge in [-0.3, -0.25) is 0 Å². The second-order valence-corrected chi connectivity index (χ2v) is 7.56. The van der Waals surface area contributed by atoms with Crippen molar-refractivity contribution < 1.29 is 0 Å². The summed E-state index contributed by atoms with van der Waals surface area (Å²) in [7, 11) is 0. The van der Waals surface area contributed by atoms with Gasteiger partial charge in [-0.15, -0.1) is 11.8 Å². The third kappa shape index (κ3) is 2.71. The van der Waals surface area contributed by atoms with E-state index >= 15 is 0 Å². The van der Waals surface area contributed by atoms with E-state index in [9.17, 15) is 0 Å². The third-order valence-corrected chi connectivity index (χ3v) is 5.72. The molecule has 1 nitrogen and oxygen atoms in total. The van der Waals surface area contributed by atoms with Crippen molar-refractivity contribution in [2.45, 2.75) is 63.0 Å². The topological polar surface area (TPSA) is 12.0 Å². The first kappa shape index (κ1) is 11.8. The Labute approximate surface area is 98.8 Å². The van der Waals surface area contributed by atoms with E-state index < -0.39 is 0 Å². The Kier molecular flexibility index (Phi) is 3.67. The molecule has 1 saturated heterocycles. The van der Waals surface area contributed by atoms with Gasteiger partial charge in [-0.05, 0) is 37.6 Å². The molecule has 0 radical (unpaired) electrons. The molecule has 2 heteroatoms. The predicted octanol–water partition coefficient (Wildman–Crippen LogP) is 3.64. The van der Waals surface area contributed by atoms with E-state index in [-0.39, 0.29) is 0 Å². The third-order valence-electron chi connectivity index (χ3n) is 4.12. The lowest BCUT2D eigenvalue weighted by molar-refractivity contribution is 0.207. The summed E-state index contributed by atoms with van der Waals surface area (Å²) in [6, 6.07) is 0. The van der Waals surface area contributed by atoms with Gasteiger partial charge in [0.2, 0.25) is 0 Å². The Morgan fingerprint density at radius 1 is 1.33 bits per heavy atom. The van der Waals surface area contributed by atoms with E-state index in [0.717, 1.165) is 17.1 Å². The van der Waals surface area contributed by atoms with Crippen LogP contribution in [0.3, 0.4) is 0 Å². The summed E-state index contributed by atoms with van der Waals surface area (Å²) in [6.45, 7) is 8.41. The van der Waals surface area contributed by atoms with Gasteiger partial charge < -0.3 is 5.32 Å². The highest BCUT2D eigenvalue weighted by atomic mass is 32.2. The van der Waals surface area contributed by atoms with Crippen LogP contribution in [0.2, 0.25) is 0 Å². The van der Waals surface area contributed by atoms with Crippen LogP contribution < -0.4 is 5.32 Å². The molecule has 0 bridgehead atoms. The maximum atomic E-state index is 3.81. The van der Waals surface area contributed by atoms with E-state index in [1.54, 1.807) is 0 Å². The van der Waals surface area contributed by atoms with Crippen molar-refractivity contribution in [3.8, 4) is 0 Å². The molecule has 0 aromatic heterocycles.